The van der Waals surface area contributed by atoms with Gasteiger partial charge >= 0.3 is 17.9 Å². The number of nitrogens with one attached hydrogen (secondary N) is 3. The van der Waals surface area contributed by atoms with Gasteiger partial charge in [-0.3, -0.25) is 18.8 Å². The van der Waals surface area contributed by atoms with Crippen LogP contribution in [0.25, 0.3) is 33.3 Å². The molecule has 280 valence electrons. The summed E-state index contributed by atoms with van der Waals surface area (Å²) in [5.41, 5.74) is 1.01. The number of hydrogen-bond acceptors (Lipinski definition) is 8. The van der Waals surface area contributed by atoms with E-state index < -0.39 is 28.9 Å². The summed E-state index contributed by atoms with van der Waals surface area (Å²) in [5, 5.41) is 9.03. The normalized spacial score (nSPS) is 19.7. The molecule has 5 aromatic rings. The van der Waals surface area contributed by atoms with Crippen molar-refractivity contribution >= 4 is 51.6 Å². The zero-order chi connectivity index (χ0) is 38.3. The topological polar surface area (TPSA) is 135 Å². The van der Waals surface area contributed by atoms with E-state index in [0.29, 0.717) is 45.9 Å². The molecule has 2 aromatic carbocycles. The number of ether oxygens (including phenoxy) is 1. The summed E-state index contributed by atoms with van der Waals surface area (Å²) in [4.78, 5) is 48.8. The van der Waals surface area contributed by atoms with Crippen LogP contribution in [0.4, 0.5) is 29.5 Å². The standard InChI is InChI=1S/C37H33Cl2F3N8O4/c1-48-25-15-26(37(40,41)42)46-31(28(25)33(51)49(2)35(48)53)44-22-9-5-7-20(30(22)39)19-6-4-8-21(29(19)38)23-14-18-10-11-24(27(18)32(45-23)54-3)50-13-12-36(17-50)16-43-34(52)47-36/h4-9,14-15,24H,10-13,16-17H2,1-3H3,(H,44,46)(H2,43,47,52). The van der Waals surface area contributed by atoms with Crippen LogP contribution in [0.1, 0.15) is 35.7 Å². The number of nitrogens with zero attached hydrogens (tertiary/aromatic N) is 5. The SMILES string of the molecule is COc1nc(-c2cccc(-c3cccc(Nc4nc(C(F)(F)F)cc5c4c(=O)n(C)c(=O)n5C)c3Cl)c2Cl)cc2c1C(N1CCC3(CNC(=O)N3)C1)CC2. The predicted molar refractivity (Wildman–Crippen MR) is 199 cm³/mol. The molecule has 2 saturated heterocycles. The van der Waals surface area contributed by atoms with Crippen LogP contribution in [-0.2, 0) is 26.7 Å². The van der Waals surface area contributed by atoms with Crippen molar-refractivity contribution in [3.05, 3.63) is 96.2 Å². The minimum absolute atomic E-state index is 0.0812. The Bertz CT molecular complexity index is 2520. The van der Waals surface area contributed by atoms with E-state index in [1.165, 1.54) is 20.2 Å². The lowest BCUT2D eigenvalue weighted by Gasteiger charge is -2.28. The Kier molecular flexibility index (Phi) is 8.66. The van der Waals surface area contributed by atoms with Gasteiger partial charge in [-0.1, -0.05) is 53.5 Å². The molecule has 5 heterocycles. The molecule has 1 spiro atoms. The Hall–Kier alpha value is -5.12. The summed E-state index contributed by atoms with van der Waals surface area (Å²) >= 11 is 14.1. The van der Waals surface area contributed by atoms with Crippen molar-refractivity contribution in [1.82, 2.24) is 34.6 Å². The molecule has 0 bridgehead atoms. The number of halogens is 5. The number of alkyl halides is 3. The molecule has 12 nitrogen and oxygen atoms in total. The van der Waals surface area contributed by atoms with E-state index in [9.17, 15) is 27.6 Å². The second-order valence-electron chi connectivity index (χ2n) is 13.9. The van der Waals surface area contributed by atoms with Crippen LogP contribution in [0.3, 0.4) is 0 Å². The van der Waals surface area contributed by atoms with Gasteiger partial charge in [0.1, 0.15) is 16.9 Å². The molecule has 8 rings (SSSR count). The van der Waals surface area contributed by atoms with Crippen LogP contribution < -0.4 is 31.9 Å². The average molecular weight is 782 g/mol. The molecule has 0 saturated carbocycles. The number of likely N-dealkylation sites (tertiary alicyclic amines) is 1. The molecular formula is C37H33Cl2F3N8O4. The highest BCUT2D eigenvalue weighted by Gasteiger charge is 2.47. The lowest BCUT2D eigenvalue weighted by molar-refractivity contribution is -0.141. The highest BCUT2D eigenvalue weighted by Crippen LogP contribution is 2.47. The van der Waals surface area contributed by atoms with E-state index in [1.807, 2.05) is 12.1 Å². The first-order valence-electron chi connectivity index (χ1n) is 17.1. The van der Waals surface area contributed by atoms with E-state index in [-0.39, 0.29) is 39.2 Å². The lowest BCUT2D eigenvalue weighted by Crippen LogP contribution is -2.46. The number of methoxy groups -OCH3 is 1. The van der Waals surface area contributed by atoms with E-state index in [2.05, 4.69) is 25.8 Å². The average Bonchev–Trinajstić information content (AvgIpc) is 3.87. The number of anilines is 2. The van der Waals surface area contributed by atoms with Gasteiger partial charge in [0.05, 0.1) is 39.6 Å². The summed E-state index contributed by atoms with van der Waals surface area (Å²) in [7, 11) is 4.09. The molecule has 54 heavy (non-hydrogen) atoms. The van der Waals surface area contributed by atoms with Crippen molar-refractivity contribution in [1.29, 1.82) is 0 Å². The van der Waals surface area contributed by atoms with Gasteiger partial charge in [0, 0.05) is 62.0 Å². The van der Waals surface area contributed by atoms with Crippen LogP contribution in [0.15, 0.2) is 58.1 Å². The molecule has 17 heteroatoms. The summed E-state index contributed by atoms with van der Waals surface area (Å²) < 4.78 is 49.6. The maximum absolute atomic E-state index is 14.0. The first-order chi connectivity index (χ1) is 25.7. The highest BCUT2D eigenvalue weighted by atomic mass is 35.5. The molecule has 2 aliphatic heterocycles. The van der Waals surface area contributed by atoms with Gasteiger partial charge < -0.3 is 20.7 Å². The van der Waals surface area contributed by atoms with Crippen molar-refractivity contribution in [3.63, 3.8) is 0 Å². The molecule has 2 unspecified atom stereocenters. The number of rotatable bonds is 6. The van der Waals surface area contributed by atoms with Crippen molar-refractivity contribution < 1.29 is 22.7 Å². The van der Waals surface area contributed by atoms with Crippen molar-refractivity contribution in [2.45, 2.75) is 37.0 Å². The van der Waals surface area contributed by atoms with E-state index in [0.717, 1.165) is 52.6 Å². The zero-order valence-corrected chi connectivity index (χ0v) is 30.7. The van der Waals surface area contributed by atoms with Crippen molar-refractivity contribution in [2.24, 2.45) is 14.1 Å². The molecule has 3 aliphatic rings. The number of pyridine rings is 2. The van der Waals surface area contributed by atoms with E-state index in [4.69, 9.17) is 32.9 Å². The minimum Gasteiger partial charge on any atom is -0.481 e. The minimum atomic E-state index is -4.88. The van der Waals surface area contributed by atoms with Crippen molar-refractivity contribution in [3.8, 4) is 28.3 Å². The zero-order valence-electron chi connectivity index (χ0n) is 29.2. The molecular weight excluding hydrogens is 748 g/mol. The van der Waals surface area contributed by atoms with Gasteiger partial charge in [0.25, 0.3) is 5.56 Å². The summed E-state index contributed by atoms with van der Waals surface area (Å²) in [6, 6.07) is 12.9. The fourth-order valence-corrected chi connectivity index (χ4v) is 8.56. The third-order valence-corrected chi connectivity index (χ3v) is 11.5. The molecule has 2 fully saturated rings. The fraction of sp³-hybridized carbons (Fsp3) is 0.324. The Morgan fingerprint density at radius 3 is 2.41 bits per heavy atom. The molecule has 3 N–H and O–H groups in total. The summed E-state index contributed by atoms with van der Waals surface area (Å²) in [6.45, 7) is 2.14. The second kappa shape index (κ2) is 13.0. The number of hydrogen-bond donors (Lipinski definition) is 3. The van der Waals surface area contributed by atoms with Crippen LogP contribution in [-0.4, -0.2) is 62.3 Å². The van der Waals surface area contributed by atoms with Gasteiger partial charge in [-0.15, -0.1) is 0 Å². The van der Waals surface area contributed by atoms with Gasteiger partial charge in [-0.2, -0.15) is 13.2 Å². The monoisotopic (exact) mass is 780 g/mol. The molecule has 0 radical (unpaired) electrons. The van der Waals surface area contributed by atoms with Gasteiger partial charge in [-0.25, -0.2) is 19.6 Å². The molecule has 2 atom stereocenters. The fourth-order valence-electron chi connectivity index (χ4n) is 7.96. The molecule has 2 amide bonds. The van der Waals surface area contributed by atoms with Crippen molar-refractivity contribution in [2.75, 3.05) is 32.1 Å². The van der Waals surface area contributed by atoms with Crippen LogP contribution >= 0.6 is 23.2 Å². The second-order valence-corrected chi connectivity index (χ2v) is 14.6. The maximum Gasteiger partial charge on any atom is 0.433 e. The van der Waals surface area contributed by atoms with Crippen LogP contribution in [0.2, 0.25) is 10.0 Å². The smallest absolute Gasteiger partial charge is 0.433 e. The Morgan fingerprint density at radius 1 is 0.981 bits per heavy atom. The van der Waals surface area contributed by atoms with Gasteiger partial charge in [0.2, 0.25) is 5.88 Å². The van der Waals surface area contributed by atoms with Gasteiger partial charge in [0.15, 0.2) is 0 Å². The van der Waals surface area contributed by atoms with Crippen LogP contribution in [0.5, 0.6) is 5.88 Å². The largest absolute Gasteiger partial charge is 0.481 e. The Labute approximate surface area is 315 Å². The van der Waals surface area contributed by atoms with E-state index >= 15 is 0 Å². The lowest BCUT2D eigenvalue weighted by atomic mass is 9.99. The predicted octanol–water partition coefficient (Wildman–Crippen LogP) is 6.18. The summed E-state index contributed by atoms with van der Waals surface area (Å²) in [5.74, 6) is 0.0751. The number of aryl methyl sites for hydroxylation is 2. The number of benzene rings is 2. The number of carbonyl (C=O) groups excluding carboxylic acids is 1. The first kappa shape index (κ1) is 35.9. The van der Waals surface area contributed by atoms with Gasteiger partial charge in [-0.05, 0) is 43.0 Å². The number of carbonyl (C=O) groups is 1. The van der Waals surface area contributed by atoms with Crippen LogP contribution in [0, 0.1) is 0 Å². The molecule has 1 aliphatic carbocycles. The number of urea groups is 1. The highest BCUT2D eigenvalue weighted by molar-refractivity contribution is 6.39. The number of fused-ring (bicyclic) bond motifs is 2. The van der Waals surface area contributed by atoms with E-state index in [1.54, 1.807) is 31.4 Å². The maximum atomic E-state index is 14.0. The Morgan fingerprint density at radius 2 is 1.70 bits per heavy atom. The molecule has 3 aromatic heterocycles. The quantitative estimate of drug-likeness (QED) is 0.186. The number of amides is 2. The first-order valence-corrected chi connectivity index (χ1v) is 17.9. The number of aromatic nitrogens is 4. The Balaban J connectivity index is 1.15. The third kappa shape index (κ3) is 5.85. The summed E-state index contributed by atoms with van der Waals surface area (Å²) in [6.07, 6.45) is -2.36. The third-order valence-electron chi connectivity index (χ3n) is 10.7.